The van der Waals surface area contributed by atoms with E-state index >= 15 is 0 Å². The maximum atomic E-state index is 10.9. The lowest BCUT2D eigenvalue weighted by atomic mass is 9.72. The molecular formula is C34H52Cl2N2O6. The second-order valence-corrected chi connectivity index (χ2v) is 12.0. The van der Waals surface area contributed by atoms with Crippen LogP contribution < -0.4 is 18.9 Å². The van der Waals surface area contributed by atoms with Crippen molar-refractivity contribution in [2.45, 2.75) is 64.1 Å². The van der Waals surface area contributed by atoms with Gasteiger partial charge >= 0.3 is 0 Å². The standard InChI is InChI=1S/C34H50N2O6.2ClH/c1-7-22-19-35-11-9-23-15-31(38-3)33(40-5)17-27(23)29(35)13-25(22)14-30-28-18-34(41-6)32(39-4)16-24(28)10-12-36(30)20-26(37)21-42-8-2;;/h15-18,22,25-26,29-30,37H,7-14,19-21H2,1-6H3;2*1H/t22-,25+,26?,29-,30+;;/m0../s1. The molecule has 0 amide bonds. The van der Waals surface area contributed by atoms with Crippen molar-refractivity contribution in [1.29, 1.82) is 0 Å². The van der Waals surface area contributed by atoms with Gasteiger partial charge in [-0.1, -0.05) is 13.3 Å². The molecule has 8 nitrogen and oxygen atoms in total. The first kappa shape index (κ1) is 36.5. The maximum absolute atomic E-state index is 10.9. The van der Waals surface area contributed by atoms with Crippen molar-refractivity contribution in [2.75, 3.05) is 67.8 Å². The van der Waals surface area contributed by atoms with Crippen molar-refractivity contribution in [2.24, 2.45) is 11.8 Å². The molecule has 2 aromatic rings. The van der Waals surface area contributed by atoms with Crippen LogP contribution in [0.25, 0.3) is 0 Å². The van der Waals surface area contributed by atoms with Crippen molar-refractivity contribution in [3.63, 3.8) is 0 Å². The Balaban J connectivity index is 0.00000264. The van der Waals surface area contributed by atoms with Crippen LogP contribution in [0.2, 0.25) is 0 Å². The smallest absolute Gasteiger partial charge is 0.161 e. The number of ether oxygens (including phenoxy) is 5. The Morgan fingerprint density at radius 3 is 1.95 bits per heavy atom. The van der Waals surface area contributed by atoms with Crippen LogP contribution in [-0.4, -0.2) is 88.8 Å². The summed E-state index contributed by atoms with van der Waals surface area (Å²) >= 11 is 0. The summed E-state index contributed by atoms with van der Waals surface area (Å²) in [7, 11) is 6.84. The van der Waals surface area contributed by atoms with Gasteiger partial charge in [0.2, 0.25) is 0 Å². The molecule has 5 atom stereocenters. The molecule has 0 aromatic heterocycles. The summed E-state index contributed by atoms with van der Waals surface area (Å²) in [5, 5.41) is 10.9. The van der Waals surface area contributed by atoms with Gasteiger partial charge in [-0.05, 0) is 91.0 Å². The van der Waals surface area contributed by atoms with E-state index < -0.39 is 6.10 Å². The minimum atomic E-state index is -0.523. The number of benzene rings is 2. The number of halogens is 2. The Kier molecular flexibility index (Phi) is 13.8. The Morgan fingerprint density at radius 1 is 0.795 bits per heavy atom. The van der Waals surface area contributed by atoms with E-state index in [4.69, 9.17) is 23.7 Å². The van der Waals surface area contributed by atoms with E-state index in [0.717, 1.165) is 74.7 Å². The van der Waals surface area contributed by atoms with Gasteiger partial charge in [-0.15, -0.1) is 24.8 Å². The fraction of sp³-hybridized carbons (Fsp3) is 0.647. The molecule has 0 radical (unpaired) electrons. The molecule has 1 unspecified atom stereocenters. The molecule has 10 heteroatoms. The molecule has 3 aliphatic heterocycles. The fourth-order valence-electron chi connectivity index (χ4n) is 7.69. The van der Waals surface area contributed by atoms with Crippen LogP contribution in [-0.2, 0) is 17.6 Å². The monoisotopic (exact) mass is 654 g/mol. The van der Waals surface area contributed by atoms with Crippen LogP contribution in [0, 0.1) is 11.8 Å². The zero-order chi connectivity index (χ0) is 29.8. The maximum Gasteiger partial charge on any atom is 0.161 e. The Morgan fingerprint density at radius 2 is 1.36 bits per heavy atom. The van der Waals surface area contributed by atoms with E-state index in [-0.39, 0.29) is 30.9 Å². The van der Waals surface area contributed by atoms with Crippen molar-refractivity contribution in [3.05, 3.63) is 46.5 Å². The number of piperidine rings is 1. The molecule has 0 bridgehead atoms. The second kappa shape index (κ2) is 16.6. The molecule has 44 heavy (non-hydrogen) atoms. The van der Waals surface area contributed by atoms with E-state index in [1.807, 2.05) is 6.92 Å². The molecule has 1 N–H and O–H groups in total. The number of β-amino-alcohol motifs (C(OH)–C–C–N with tert-alkyl or cyclic N) is 1. The van der Waals surface area contributed by atoms with Crippen LogP contribution in [0.3, 0.4) is 0 Å². The van der Waals surface area contributed by atoms with Gasteiger partial charge in [0.1, 0.15) is 0 Å². The van der Waals surface area contributed by atoms with Crippen LogP contribution in [0.1, 0.15) is 67.4 Å². The van der Waals surface area contributed by atoms with Gasteiger partial charge in [0.15, 0.2) is 23.0 Å². The predicted octanol–water partition coefficient (Wildman–Crippen LogP) is 5.90. The zero-order valence-electron chi connectivity index (χ0n) is 27.2. The van der Waals surface area contributed by atoms with Crippen molar-refractivity contribution >= 4 is 24.8 Å². The number of nitrogens with zero attached hydrogens (tertiary/aromatic N) is 2. The lowest BCUT2D eigenvalue weighted by Gasteiger charge is -2.49. The number of aliphatic hydroxyl groups excluding tert-OH is 1. The molecule has 1 fully saturated rings. The lowest BCUT2D eigenvalue weighted by molar-refractivity contribution is -0.00325. The van der Waals surface area contributed by atoms with Gasteiger partial charge in [-0.2, -0.15) is 0 Å². The first-order valence-corrected chi connectivity index (χ1v) is 15.7. The zero-order valence-corrected chi connectivity index (χ0v) is 28.8. The average Bonchev–Trinajstić information content (AvgIpc) is 3.02. The molecule has 1 saturated heterocycles. The third-order valence-electron chi connectivity index (χ3n) is 9.90. The molecule has 0 aliphatic carbocycles. The number of aliphatic hydroxyl groups is 1. The van der Waals surface area contributed by atoms with Crippen LogP contribution in [0.4, 0.5) is 0 Å². The average molecular weight is 656 g/mol. The Labute approximate surface area is 276 Å². The summed E-state index contributed by atoms with van der Waals surface area (Å²) in [5.41, 5.74) is 5.38. The van der Waals surface area contributed by atoms with Gasteiger partial charge in [-0.25, -0.2) is 0 Å². The highest BCUT2D eigenvalue weighted by atomic mass is 35.5. The number of fused-ring (bicyclic) bond motifs is 4. The van der Waals surface area contributed by atoms with Gasteiger partial charge in [-0.3, -0.25) is 9.80 Å². The third-order valence-corrected chi connectivity index (χ3v) is 9.90. The van der Waals surface area contributed by atoms with Crippen molar-refractivity contribution < 1.29 is 28.8 Å². The first-order valence-electron chi connectivity index (χ1n) is 15.7. The molecule has 3 heterocycles. The summed E-state index contributed by atoms with van der Waals surface area (Å²) < 4.78 is 28.4. The normalized spacial score (nSPS) is 23.6. The number of hydrogen-bond acceptors (Lipinski definition) is 8. The van der Waals surface area contributed by atoms with E-state index in [1.54, 1.807) is 28.4 Å². The van der Waals surface area contributed by atoms with E-state index in [0.29, 0.717) is 37.6 Å². The van der Waals surface area contributed by atoms with Gasteiger partial charge in [0, 0.05) is 44.9 Å². The van der Waals surface area contributed by atoms with Crippen molar-refractivity contribution in [3.8, 4) is 23.0 Å². The van der Waals surface area contributed by atoms with Gasteiger partial charge < -0.3 is 28.8 Å². The van der Waals surface area contributed by atoms with Crippen LogP contribution in [0.5, 0.6) is 23.0 Å². The topological polar surface area (TPSA) is 72.9 Å². The van der Waals surface area contributed by atoms with Crippen LogP contribution in [0.15, 0.2) is 24.3 Å². The number of methoxy groups -OCH3 is 4. The van der Waals surface area contributed by atoms with E-state index in [2.05, 4.69) is 41.0 Å². The minimum absolute atomic E-state index is 0. The summed E-state index contributed by atoms with van der Waals surface area (Å²) in [6.45, 7) is 8.96. The minimum Gasteiger partial charge on any atom is -0.493 e. The van der Waals surface area contributed by atoms with Gasteiger partial charge in [0.25, 0.3) is 0 Å². The van der Waals surface area contributed by atoms with Gasteiger partial charge in [0.05, 0.1) is 41.2 Å². The van der Waals surface area contributed by atoms with E-state index in [9.17, 15) is 5.11 Å². The summed E-state index contributed by atoms with van der Waals surface area (Å²) in [6.07, 6.45) is 4.73. The molecule has 5 rings (SSSR count). The second-order valence-electron chi connectivity index (χ2n) is 12.0. The van der Waals surface area contributed by atoms with E-state index in [1.165, 1.54) is 22.3 Å². The molecule has 3 aliphatic rings. The molecule has 2 aromatic carbocycles. The number of hydrogen-bond donors (Lipinski definition) is 1. The highest BCUT2D eigenvalue weighted by molar-refractivity contribution is 5.85. The lowest BCUT2D eigenvalue weighted by Crippen LogP contribution is -2.48. The van der Waals surface area contributed by atoms with Crippen molar-refractivity contribution in [1.82, 2.24) is 9.80 Å². The van der Waals surface area contributed by atoms with Crippen LogP contribution >= 0.6 is 24.8 Å². The molecule has 248 valence electrons. The largest absolute Gasteiger partial charge is 0.493 e. The predicted molar refractivity (Wildman–Crippen MR) is 179 cm³/mol. The molecular weight excluding hydrogens is 603 g/mol. The third kappa shape index (κ3) is 7.54. The molecule has 0 saturated carbocycles. The Bertz CT molecular complexity index is 1220. The summed E-state index contributed by atoms with van der Waals surface area (Å²) in [5.74, 6) is 4.32. The first-order chi connectivity index (χ1) is 20.4. The SMILES string of the molecule is CCOCC(O)CN1CCc2cc(OC)c(OC)cc2[C@H]1C[C@H]1C[C@H]2c3cc(OC)c(OC)cc3CCN2C[C@@H]1CC.Cl.Cl. The highest BCUT2D eigenvalue weighted by Crippen LogP contribution is 2.49. The summed E-state index contributed by atoms with van der Waals surface area (Å²) in [6, 6.07) is 9.30. The fourth-order valence-corrected chi connectivity index (χ4v) is 7.69. The Hall–Kier alpha value is -1.94. The highest BCUT2D eigenvalue weighted by Gasteiger charge is 2.41. The quantitative estimate of drug-likeness (QED) is 0.304. The number of rotatable bonds is 12. The molecule has 0 spiro atoms. The summed E-state index contributed by atoms with van der Waals surface area (Å²) in [4.78, 5) is 5.19.